The predicted molar refractivity (Wildman–Crippen MR) is 53.8 cm³/mol. The zero-order valence-electron chi connectivity index (χ0n) is 8.60. The summed E-state index contributed by atoms with van der Waals surface area (Å²) >= 11 is 0. The Kier molecular flexibility index (Phi) is 3.03. The molecule has 9 heteroatoms. The second kappa shape index (κ2) is 4.12. The molecule has 0 radical (unpaired) electrons. The molecule has 0 heterocycles. The number of nitrogens with zero attached hydrogens (tertiary/aromatic N) is 3. The molecule has 1 aromatic carbocycles. The van der Waals surface area contributed by atoms with Gasteiger partial charge in [0.1, 0.15) is 0 Å². The second-order valence-electron chi connectivity index (χ2n) is 3.28. The molecular weight excluding hydrogens is 234 g/mol. The number of rotatable bonds is 4. The smallest absolute Gasteiger partial charge is 0.252 e. The van der Waals surface area contributed by atoms with Crippen molar-refractivity contribution in [2.24, 2.45) is 0 Å². The van der Waals surface area contributed by atoms with Gasteiger partial charge in [0.2, 0.25) is 0 Å². The van der Waals surface area contributed by atoms with Gasteiger partial charge in [-0.25, -0.2) is 0 Å². The molecule has 0 aliphatic carbocycles. The van der Waals surface area contributed by atoms with Gasteiger partial charge in [-0.3, -0.25) is 30.3 Å². The zero-order chi connectivity index (χ0) is 13.2. The summed E-state index contributed by atoms with van der Waals surface area (Å²) in [5.41, 5.74) is -0.130. The molecule has 0 bridgehead atoms. The van der Waals surface area contributed by atoms with Gasteiger partial charge in [0.05, 0.1) is 0 Å². The Morgan fingerprint density at radius 2 is 1.47 bits per heavy atom. The van der Waals surface area contributed by atoms with Crippen LogP contribution in [0.3, 0.4) is 0 Å². The number of aryl methyl sites for hydroxylation is 1. The Balaban J connectivity index is 3.59. The fourth-order valence-electron chi connectivity index (χ4n) is 1.37. The molecule has 17 heavy (non-hydrogen) atoms. The fraction of sp³-hybridized carbons (Fsp3) is 0.250. The van der Waals surface area contributed by atoms with Gasteiger partial charge in [-0.05, 0) is 24.6 Å². The summed E-state index contributed by atoms with van der Waals surface area (Å²) in [6.07, 6.45) is 0. The van der Waals surface area contributed by atoms with E-state index in [1.54, 1.807) is 0 Å². The molecule has 0 aromatic heterocycles. The van der Waals surface area contributed by atoms with Crippen molar-refractivity contribution in [1.82, 2.24) is 0 Å². The standard InChI is InChI=1S/C8H7N3O6/c1-6-3-2-4-7(5-6)8(9(12)13,10(14)15)11(16)17/h2-5H,1H3. The van der Waals surface area contributed by atoms with Crippen LogP contribution in [-0.2, 0) is 5.79 Å². The fourth-order valence-corrected chi connectivity index (χ4v) is 1.37. The Hall–Kier alpha value is -2.58. The molecule has 0 atom stereocenters. The minimum absolute atomic E-state index is 0.456. The van der Waals surface area contributed by atoms with E-state index < -0.39 is 26.1 Å². The molecular formula is C8H7N3O6. The molecule has 0 saturated carbocycles. The maximum atomic E-state index is 10.7. The van der Waals surface area contributed by atoms with Crippen LogP contribution >= 0.6 is 0 Å². The van der Waals surface area contributed by atoms with Gasteiger partial charge < -0.3 is 0 Å². The Morgan fingerprint density at radius 3 is 1.82 bits per heavy atom. The van der Waals surface area contributed by atoms with Gasteiger partial charge in [0.15, 0.2) is 20.3 Å². The molecule has 0 unspecified atom stereocenters. The van der Waals surface area contributed by atoms with E-state index in [4.69, 9.17) is 0 Å². The molecule has 0 N–H and O–H groups in total. The largest absolute Gasteiger partial charge is 0.728 e. The Bertz CT molecular complexity index is 464. The zero-order valence-corrected chi connectivity index (χ0v) is 8.60. The summed E-state index contributed by atoms with van der Waals surface area (Å²) in [6, 6.07) is 4.85. The van der Waals surface area contributed by atoms with Gasteiger partial charge in [0, 0.05) is 0 Å². The molecule has 0 spiro atoms. The summed E-state index contributed by atoms with van der Waals surface area (Å²) in [6.45, 7) is 1.52. The van der Waals surface area contributed by atoms with Crippen molar-refractivity contribution in [2.45, 2.75) is 12.7 Å². The quantitative estimate of drug-likeness (QED) is 0.438. The average Bonchev–Trinajstić information content (AvgIpc) is 2.16. The topological polar surface area (TPSA) is 129 Å². The van der Waals surface area contributed by atoms with Gasteiger partial charge in [-0.15, -0.1) is 0 Å². The van der Waals surface area contributed by atoms with Crippen molar-refractivity contribution in [1.29, 1.82) is 0 Å². The van der Waals surface area contributed by atoms with Crippen LogP contribution in [0.1, 0.15) is 11.1 Å². The maximum Gasteiger partial charge on any atom is 0.728 e. The first-order valence-electron chi connectivity index (χ1n) is 4.34. The highest BCUT2D eigenvalue weighted by Crippen LogP contribution is 2.27. The van der Waals surface area contributed by atoms with Crippen LogP contribution in [0.5, 0.6) is 0 Å². The first-order valence-corrected chi connectivity index (χ1v) is 4.34. The summed E-state index contributed by atoms with van der Waals surface area (Å²) in [4.78, 5) is 27.7. The summed E-state index contributed by atoms with van der Waals surface area (Å²) in [5.74, 6) is -3.55. The van der Waals surface area contributed by atoms with Crippen molar-refractivity contribution >= 4 is 0 Å². The number of nitro groups is 3. The lowest BCUT2D eigenvalue weighted by molar-refractivity contribution is -0.986. The van der Waals surface area contributed by atoms with Crippen LogP contribution in [0.25, 0.3) is 0 Å². The maximum absolute atomic E-state index is 10.7. The molecule has 0 amide bonds. The normalized spacial score (nSPS) is 10.9. The van der Waals surface area contributed by atoms with Crippen LogP contribution in [0, 0.1) is 37.3 Å². The van der Waals surface area contributed by atoms with Crippen molar-refractivity contribution in [2.75, 3.05) is 0 Å². The molecule has 9 nitrogen and oxygen atoms in total. The SMILES string of the molecule is Cc1cccc(C([N+](=O)[O-])([N+](=O)[O-])[N+](=O)[O-])c1. The minimum atomic E-state index is -3.55. The van der Waals surface area contributed by atoms with Gasteiger partial charge in [0.25, 0.3) is 0 Å². The average molecular weight is 241 g/mol. The third-order valence-electron chi connectivity index (χ3n) is 2.17. The van der Waals surface area contributed by atoms with Gasteiger partial charge in [-0.2, -0.15) is 0 Å². The lowest BCUT2D eigenvalue weighted by Gasteiger charge is -2.08. The molecule has 90 valence electrons. The molecule has 1 rings (SSSR count). The van der Waals surface area contributed by atoms with E-state index >= 15 is 0 Å². The lowest BCUT2D eigenvalue weighted by Crippen LogP contribution is -2.50. The van der Waals surface area contributed by atoms with Crippen molar-refractivity contribution in [3.05, 3.63) is 65.7 Å². The summed E-state index contributed by atoms with van der Waals surface area (Å²) in [7, 11) is 0. The predicted octanol–water partition coefficient (Wildman–Crippen LogP) is 0.935. The molecule has 0 aliphatic heterocycles. The third-order valence-corrected chi connectivity index (χ3v) is 2.17. The third kappa shape index (κ3) is 1.77. The van der Waals surface area contributed by atoms with E-state index in [-0.39, 0.29) is 0 Å². The second-order valence-corrected chi connectivity index (χ2v) is 3.28. The summed E-state index contributed by atoms with van der Waals surface area (Å²) < 4.78 is 0. The minimum Gasteiger partial charge on any atom is -0.252 e. The highest BCUT2D eigenvalue weighted by atomic mass is 16.7. The van der Waals surface area contributed by atoms with Crippen LogP contribution in [0.15, 0.2) is 24.3 Å². The number of hydrogen-bond donors (Lipinski definition) is 0. The molecule has 0 saturated heterocycles. The van der Waals surface area contributed by atoms with Gasteiger partial charge >= 0.3 is 5.79 Å². The van der Waals surface area contributed by atoms with Crippen LogP contribution in [0.2, 0.25) is 0 Å². The van der Waals surface area contributed by atoms with Crippen LogP contribution in [0.4, 0.5) is 0 Å². The highest BCUT2D eigenvalue weighted by molar-refractivity contribution is 5.24. The monoisotopic (exact) mass is 241 g/mol. The molecule has 1 aromatic rings. The highest BCUT2D eigenvalue weighted by Gasteiger charge is 2.72. The van der Waals surface area contributed by atoms with Crippen molar-refractivity contribution in [3.63, 3.8) is 0 Å². The Morgan fingerprint density at radius 1 is 1.00 bits per heavy atom. The Labute approximate surface area is 94.1 Å². The molecule has 0 aliphatic rings. The molecule has 0 fully saturated rings. The number of benzene rings is 1. The van der Waals surface area contributed by atoms with E-state index in [2.05, 4.69) is 0 Å². The van der Waals surface area contributed by atoms with E-state index in [0.29, 0.717) is 5.56 Å². The van der Waals surface area contributed by atoms with E-state index in [9.17, 15) is 30.3 Å². The van der Waals surface area contributed by atoms with Crippen LogP contribution < -0.4 is 0 Å². The van der Waals surface area contributed by atoms with E-state index in [1.165, 1.54) is 19.1 Å². The number of hydrogen-bond acceptors (Lipinski definition) is 6. The van der Waals surface area contributed by atoms with E-state index in [1.807, 2.05) is 0 Å². The first-order chi connectivity index (χ1) is 7.83. The van der Waals surface area contributed by atoms with Crippen molar-refractivity contribution in [3.8, 4) is 0 Å². The van der Waals surface area contributed by atoms with Crippen molar-refractivity contribution < 1.29 is 14.8 Å². The lowest BCUT2D eigenvalue weighted by atomic mass is 10.1. The van der Waals surface area contributed by atoms with E-state index in [0.717, 1.165) is 12.1 Å². The summed E-state index contributed by atoms with van der Waals surface area (Å²) in [5, 5.41) is 32.2. The first kappa shape index (κ1) is 12.5. The van der Waals surface area contributed by atoms with Crippen LogP contribution in [-0.4, -0.2) is 14.8 Å². The van der Waals surface area contributed by atoms with Gasteiger partial charge in [-0.1, -0.05) is 12.1 Å².